The summed E-state index contributed by atoms with van der Waals surface area (Å²) in [5, 5.41) is 29.3. The van der Waals surface area contributed by atoms with Crippen LogP contribution in [0.4, 0.5) is 11.5 Å². The van der Waals surface area contributed by atoms with Gasteiger partial charge in [-0.05, 0) is 12.1 Å². The molecule has 0 saturated heterocycles. The molecule has 0 aliphatic heterocycles. The second-order valence-electron chi connectivity index (χ2n) is 4.53. The van der Waals surface area contributed by atoms with E-state index in [0.717, 1.165) is 11.2 Å². The standard InChI is InChI=1S/C15H12N6O4/c1-24-11-4-2-3-5-12(11)25-15-13(21(22)23)14(18-10-19-15)20(8-6-16)9-7-17/h2-5,10H,8-9H2,1H3. The van der Waals surface area contributed by atoms with E-state index in [4.69, 9.17) is 20.0 Å². The molecule has 126 valence electrons. The fourth-order valence-corrected chi connectivity index (χ4v) is 2.00. The van der Waals surface area contributed by atoms with E-state index in [1.54, 1.807) is 24.3 Å². The third-order valence-corrected chi connectivity index (χ3v) is 3.05. The Morgan fingerprint density at radius 2 is 1.84 bits per heavy atom. The summed E-state index contributed by atoms with van der Waals surface area (Å²) in [5.41, 5.74) is -0.543. The van der Waals surface area contributed by atoms with Gasteiger partial charge in [0, 0.05) is 0 Å². The lowest BCUT2D eigenvalue weighted by atomic mass is 10.3. The first kappa shape index (κ1) is 17.4. The van der Waals surface area contributed by atoms with Gasteiger partial charge in [0.1, 0.15) is 19.4 Å². The number of rotatable bonds is 7. The van der Waals surface area contributed by atoms with E-state index in [0.29, 0.717) is 5.75 Å². The lowest BCUT2D eigenvalue weighted by molar-refractivity contribution is -0.385. The van der Waals surface area contributed by atoms with E-state index >= 15 is 0 Å². The molecule has 0 bridgehead atoms. The van der Waals surface area contributed by atoms with E-state index < -0.39 is 10.6 Å². The molecule has 0 N–H and O–H groups in total. The highest BCUT2D eigenvalue weighted by atomic mass is 16.6. The average Bonchev–Trinajstić information content (AvgIpc) is 2.61. The van der Waals surface area contributed by atoms with Crippen molar-refractivity contribution in [3.63, 3.8) is 0 Å². The normalized spacial score (nSPS) is 9.56. The van der Waals surface area contributed by atoms with E-state index in [2.05, 4.69) is 9.97 Å². The topological polar surface area (TPSA) is 138 Å². The number of aromatic nitrogens is 2. The van der Waals surface area contributed by atoms with Gasteiger partial charge in [-0.2, -0.15) is 15.5 Å². The first-order chi connectivity index (χ1) is 12.1. The predicted molar refractivity (Wildman–Crippen MR) is 85.2 cm³/mol. The quantitative estimate of drug-likeness (QED) is 0.421. The van der Waals surface area contributed by atoms with Gasteiger partial charge in [0.15, 0.2) is 11.5 Å². The van der Waals surface area contributed by atoms with Crippen molar-refractivity contribution in [2.24, 2.45) is 0 Å². The van der Waals surface area contributed by atoms with Gasteiger partial charge in [-0.3, -0.25) is 10.1 Å². The van der Waals surface area contributed by atoms with Gasteiger partial charge in [-0.25, -0.2) is 4.98 Å². The molecule has 0 saturated carbocycles. The van der Waals surface area contributed by atoms with Gasteiger partial charge in [-0.15, -0.1) is 0 Å². The number of anilines is 1. The molecule has 0 atom stereocenters. The summed E-state index contributed by atoms with van der Waals surface area (Å²) in [4.78, 5) is 19.6. The fourth-order valence-electron chi connectivity index (χ4n) is 2.00. The Balaban J connectivity index is 2.52. The van der Waals surface area contributed by atoms with Crippen molar-refractivity contribution in [1.82, 2.24) is 9.97 Å². The summed E-state index contributed by atoms with van der Waals surface area (Å²) in [6, 6.07) is 10.2. The van der Waals surface area contributed by atoms with Crippen LogP contribution in [0.3, 0.4) is 0 Å². The van der Waals surface area contributed by atoms with Crippen molar-refractivity contribution in [3.8, 4) is 29.5 Å². The number of benzene rings is 1. The Labute approximate surface area is 142 Å². The van der Waals surface area contributed by atoms with Crippen LogP contribution in [-0.4, -0.2) is 35.1 Å². The molecule has 1 heterocycles. The molecule has 1 aromatic carbocycles. The third kappa shape index (κ3) is 3.89. The molecule has 0 unspecified atom stereocenters. The van der Waals surface area contributed by atoms with Crippen molar-refractivity contribution in [2.75, 3.05) is 25.1 Å². The van der Waals surface area contributed by atoms with Crippen molar-refractivity contribution in [1.29, 1.82) is 10.5 Å². The van der Waals surface area contributed by atoms with Crippen LogP contribution in [0.5, 0.6) is 17.4 Å². The van der Waals surface area contributed by atoms with E-state index in [9.17, 15) is 10.1 Å². The maximum absolute atomic E-state index is 11.5. The van der Waals surface area contributed by atoms with Gasteiger partial charge in [0.2, 0.25) is 5.82 Å². The van der Waals surface area contributed by atoms with Gasteiger partial charge in [0.25, 0.3) is 0 Å². The minimum atomic E-state index is -0.720. The molecule has 10 nitrogen and oxygen atoms in total. The molecule has 2 aromatic rings. The molecule has 0 aliphatic rings. The second-order valence-corrected chi connectivity index (χ2v) is 4.53. The zero-order valence-electron chi connectivity index (χ0n) is 13.1. The molecule has 1 aromatic heterocycles. The number of ether oxygens (including phenoxy) is 2. The molecule has 0 fully saturated rings. The number of para-hydroxylation sites is 2. The number of nitrogens with zero attached hydrogens (tertiary/aromatic N) is 6. The zero-order chi connectivity index (χ0) is 18.2. The van der Waals surface area contributed by atoms with Crippen LogP contribution < -0.4 is 14.4 Å². The summed E-state index contributed by atoms with van der Waals surface area (Å²) >= 11 is 0. The summed E-state index contributed by atoms with van der Waals surface area (Å²) in [5.74, 6) is 0.0982. The smallest absolute Gasteiger partial charge is 0.373 e. The first-order valence-corrected chi connectivity index (χ1v) is 6.91. The van der Waals surface area contributed by atoms with Crippen LogP contribution in [0.1, 0.15) is 0 Å². The predicted octanol–water partition coefficient (Wildman–Crippen LogP) is 2.04. The van der Waals surface area contributed by atoms with Crippen LogP contribution in [0.2, 0.25) is 0 Å². The molecule has 0 aliphatic carbocycles. The van der Waals surface area contributed by atoms with Crippen LogP contribution >= 0.6 is 0 Å². The van der Waals surface area contributed by atoms with Gasteiger partial charge in [0.05, 0.1) is 24.2 Å². The number of methoxy groups -OCH3 is 1. The van der Waals surface area contributed by atoms with E-state index in [1.165, 1.54) is 7.11 Å². The molecular formula is C15H12N6O4. The monoisotopic (exact) mass is 340 g/mol. The van der Waals surface area contributed by atoms with Crippen LogP contribution in [0.25, 0.3) is 0 Å². The maximum Gasteiger partial charge on any atom is 0.373 e. The van der Waals surface area contributed by atoms with Gasteiger partial charge < -0.3 is 14.4 Å². The highest BCUT2D eigenvalue weighted by molar-refractivity contribution is 5.64. The second kappa shape index (κ2) is 8.08. The maximum atomic E-state index is 11.5. The molecule has 25 heavy (non-hydrogen) atoms. The molecule has 10 heteroatoms. The van der Waals surface area contributed by atoms with Crippen LogP contribution in [0, 0.1) is 32.8 Å². The van der Waals surface area contributed by atoms with Gasteiger partial charge >= 0.3 is 11.6 Å². The van der Waals surface area contributed by atoms with Crippen LogP contribution in [-0.2, 0) is 0 Å². The van der Waals surface area contributed by atoms with E-state index in [1.807, 2.05) is 12.1 Å². The van der Waals surface area contributed by atoms with Crippen molar-refractivity contribution >= 4 is 11.5 Å². The van der Waals surface area contributed by atoms with E-state index in [-0.39, 0.29) is 30.5 Å². The fraction of sp³-hybridized carbons (Fsp3) is 0.200. The SMILES string of the molecule is COc1ccccc1Oc1ncnc(N(CC#N)CC#N)c1[N+](=O)[O-]. The Kier molecular flexibility index (Phi) is 5.63. The molecule has 2 rings (SSSR count). The molecule has 0 radical (unpaired) electrons. The third-order valence-electron chi connectivity index (χ3n) is 3.05. The van der Waals surface area contributed by atoms with Crippen molar-refractivity contribution < 1.29 is 14.4 Å². The molecule has 0 spiro atoms. The average molecular weight is 340 g/mol. The Bertz CT molecular complexity index is 842. The first-order valence-electron chi connectivity index (χ1n) is 6.91. The lowest BCUT2D eigenvalue weighted by Gasteiger charge is -2.17. The summed E-state index contributed by atoms with van der Waals surface area (Å²) in [6.07, 6.45) is 1.06. The minimum absolute atomic E-state index is 0.173. The zero-order valence-corrected chi connectivity index (χ0v) is 13.1. The minimum Gasteiger partial charge on any atom is -0.493 e. The summed E-state index contributed by atoms with van der Waals surface area (Å²) < 4.78 is 10.7. The number of hydrogen-bond donors (Lipinski definition) is 0. The molecular weight excluding hydrogens is 328 g/mol. The molecule has 0 amide bonds. The van der Waals surface area contributed by atoms with Gasteiger partial charge in [-0.1, -0.05) is 12.1 Å². The van der Waals surface area contributed by atoms with Crippen LogP contribution in [0.15, 0.2) is 30.6 Å². The number of hydrogen-bond acceptors (Lipinski definition) is 9. The summed E-state index contributed by atoms with van der Waals surface area (Å²) in [7, 11) is 1.43. The van der Waals surface area contributed by atoms with Crippen molar-refractivity contribution in [3.05, 3.63) is 40.7 Å². The largest absolute Gasteiger partial charge is 0.493 e. The Morgan fingerprint density at radius 3 is 2.40 bits per heavy atom. The Morgan fingerprint density at radius 1 is 1.20 bits per heavy atom. The highest BCUT2D eigenvalue weighted by Gasteiger charge is 2.29. The highest BCUT2D eigenvalue weighted by Crippen LogP contribution is 2.38. The number of nitriles is 2. The Hall–Kier alpha value is -3.92. The summed E-state index contributed by atoms with van der Waals surface area (Å²) in [6.45, 7) is -0.501. The van der Waals surface area contributed by atoms with Crippen molar-refractivity contribution in [2.45, 2.75) is 0 Å². The number of nitro groups is 1. The lowest BCUT2D eigenvalue weighted by Crippen LogP contribution is -2.26.